The molecule has 1 fully saturated rings. The molecule has 8 heteroatoms. The van der Waals surface area contributed by atoms with Crippen LogP contribution in [0.25, 0.3) is 11.3 Å². The second-order valence-corrected chi connectivity index (χ2v) is 8.76. The van der Waals surface area contributed by atoms with Crippen molar-refractivity contribution in [1.29, 1.82) is 0 Å². The fourth-order valence-corrected chi connectivity index (χ4v) is 4.74. The Kier molecular flexibility index (Phi) is 5.43. The summed E-state index contributed by atoms with van der Waals surface area (Å²) in [5.41, 5.74) is 3.06. The van der Waals surface area contributed by atoms with Gasteiger partial charge in [0.15, 0.2) is 15.5 Å². The molecule has 0 aliphatic carbocycles. The third-order valence-electron chi connectivity index (χ3n) is 4.46. The van der Waals surface area contributed by atoms with Gasteiger partial charge in [-0.05, 0) is 25.0 Å². The van der Waals surface area contributed by atoms with E-state index in [-0.39, 0.29) is 29.1 Å². The highest BCUT2D eigenvalue weighted by Crippen LogP contribution is 2.30. The number of nitrogens with one attached hydrogen (secondary N) is 1. The largest absolute Gasteiger partial charge is 0.383 e. The molecule has 7 nitrogen and oxygen atoms in total. The standard InChI is InChI=1S/C18H23N3O4S/c1-13-3-5-14(6-4-13)17-11-16(18(22)19-8-9-25-2)20-21(17)15-7-10-26(23,24)12-15/h3-6,11,15H,7-10,12H2,1-2H3,(H,19,22)/t15-/m1/s1. The van der Waals surface area contributed by atoms with Gasteiger partial charge in [-0.25, -0.2) is 8.42 Å². The summed E-state index contributed by atoms with van der Waals surface area (Å²) in [6, 6.07) is 9.35. The van der Waals surface area contributed by atoms with E-state index in [0.29, 0.717) is 19.6 Å². The first-order chi connectivity index (χ1) is 12.4. The minimum atomic E-state index is -3.06. The first-order valence-electron chi connectivity index (χ1n) is 8.54. The molecule has 1 aromatic heterocycles. The third kappa shape index (κ3) is 4.13. The van der Waals surface area contributed by atoms with Gasteiger partial charge in [-0.3, -0.25) is 9.48 Å². The molecule has 0 saturated carbocycles. The number of methoxy groups -OCH3 is 1. The maximum absolute atomic E-state index is 12.4. The molecule has 1 aliphatic heterocycles. The number of hydrogen-bond acceptors (Lipinski definition) is 5. The number of sulfone groups is 1. The average Bonchev–Trinajstić information content (AvgIpc) is 3.19. The second kappa shape index (κ2) is 7.59. The Labute approximate surface area is 153 Å². The Hall–Kier alpha value is -2.19. The number of rotatable bonds is 6. The van der Waals surface area contributed by atoms with Crippen molar-refractivity contribution in [3.05, 3.63) is 41.6 Å². The molecular weight excluding hydrogens is 354 g/mol. The van der Waals surface area contributed by atoms with Crippen LogP contribution in [0.1, 0.15) is 28.5 Å². The van der Waals surface area contributed by atoms with Crippen molar-refractivity contribution in [2.75, 3.05) is 31.8 Å². The number of ether oxygens (including phenoxy) is 1. The molecule has 0 bridgehead atoms. The van der Waals surface area contributed by atoms with Crippen LogP contribution in [0.2, 0.25) is 0 Å². The van der Waals surface area contributed by atoms with E-state index < -0.39 is 9.84 Å². The zero-order valence-corrected chi connectivity index (χ0v) is 15.8. The molecule has 2 aromatic rings. The average molecular weight is 377 g/mol. The van der Waals surface area contributed by atoms with E-state index in [4.69, 9.17) is 4.74 Å². The van der Waals surface area contributed by atoms with Crippen molar-refractivity contribution in [1.82, 2.24) is 15.1 Å². The summed E-state index contributed by atoms with van der Waals surface area (Å²) >= 11 is 0. The van der Waals surface area contributed by atoms with E-state index in [0.717, 1.165) is 16.8 Å². The smallest absolute Gasteiger partial charge is 0.271 e. The number of benzene rings is 1. The number of aromatic nitrogens is 2. The maximum Gasteiger partial charge on any atom is 0.271 e. The molecule has 1 saturated heterocycles. The van der Waals surface area contributed by atoms with Crippen molar-refractivity contribution in [2.24, 2.45) is 0 Å². The summed E-state index contributed by atoms with van der Waals surface area (Å²) in [6.45, 7) is 2.80. The molecule has 26 heavy (non-hydrogen) atoms. The van der Waals surface area contributed by atoms with Gasteiger partial charge in [-0.15, -0.1) is 0 Å². The third-order valence-corrected chi connectivity index (χ3v) is 6.21. The normalized spacial score (nSPS) is 18.8. The summed E-state index contributed by atoms with van der Waals surface area (Å²) in [4.78, 5) is 12.4. The van der Waals surface area contributed by atoms with Gasteiger partial charge in [0.05, 0.1) is 29.8 Å². The van der Waals surface area contributed by atoms with Crippen molar-refractivity contribution in [3.63, 3.8) is 0 Å². The van der Waals surface area contributed by atoms with Crippen LogP contribution in [-0.4, -0.2) is 55.9 Å². The molecule has 0 radical (unpaired) electrons. The van der Waals surface area contributed by atoms with Gasteiger partial charge in [-0.1, -0.05) is 29.8 Å². The Morgan fingerprint density at radius 3 is 2.69 bits per heavy atom. The van der Waals surface area contributed by atoms with Crippen LogP contribution in [0, 0.1) is 6.92 Å². The van der Waals surface area contributed by atoms with Crippen molar-refractivity contribution >= 4 is 15.7 Å². The number of nitrogens with zero attached hydrogens (tertiary/aromatic N) is 2. The molecule has 1 aromatic carbocycles. The summed E-state index contributed by atoms with van der Waals surface area (Å²) in [7, 11) is -1.49. The lowest BCUT2D eigenvalue weighted by Crippen LogP contribution is -2.27. The lowest BCUT2D eigenvalue weighted by Gasteiger charge is -2.13. The van der Waals surface area contributed by atoms with Crippen LogP contribution in [-0.2, 0) is 14.6 Å². The number of hydrogen-bond donors (Lipinski definition) is 1. The van der Waals surface area contributed by atoms with Gasteiger partial charge in [-0.2, -0.15) is 5.10 Å². The SMILES string of the molecule is COCCNC(=O)c1cc(-c2ccc(C)cc2)n([C@@H]2CCS(=O)(=O)C2)n1. The van der Waals surface area contributed by atoms with Crippen molar-refractivity contribution in [2.45, 2.75) is 19.4 Å². The molecule has 3 rings (SSSR count). The summed E-state index contributed by atoms with van der Waals surface area (Å²) in [5, 5.41) is 7.18. The Morgan fingerprint density at radius 2 is 2.08 bits per heavy atom. The predicted molar refractivity (Wildman–Crippen MR) is 98.9 cm³/mol. The zero-order valence-electron chi connectivity index (χ0n) is 14.9. The number of carbonyl (C=O) groups excluding carboxylic acids is 1. The Balaban J connectivity index is 1.95. The zero-order chi connectivity index (χ0) is 18.7. The van der Waals surface area contributed by atoms with Crippen molar-refractivity contribution < 1.29 is 17.9 Å². The highest BCUT2D eigenvalue weighted by Gasteiger charge is 2.32. The van der Waals surface area contributed by atoms with Crippen LogP contribution in [0.4, 0.5) is 0 Å². The predicted octanol–water partition coefficient (Wildman–Crippen LogP) is 1.59. The molecule has 2 heterocycles. The van der Waals surface area contributed by atoms with E-state index in [1.165, 1.54) is 0 Å². The van der Waals surface area contributed by atoms with Gasteiger partial charge in [0.1, 0.15) is 0 Å². The number of carbonyl (C=O) groups is 1. The van der Waals surface area contributed by atoms with Crippen molar-refractivity contribution in [3.8, 4) is 11.3 Å². The molecule has 1 atom stereocenters. The second-order valence-electron chi connectivity index (χ2n) is 6.53. The minimum absolute atomic E-state index is 0.0538. The lowest BCUT2D eigenvalue weighted by molar-refractivity contribution is 0.0931. The number of amides is 1. The topological polar surface area (TPSA) is 90.3 Å². The van der Waals surface area contributed by atoms with E-state index in [9.17, 15) is 13.2 Å². The molecular formula is C18H23N3O4S. The van der Waals surface area contributed by atoms with Crippen LogP contribution in [0.3, 0.4) is 0 Å². The highest BCUT2D eigenvalue weighted by molar-refractivity contribution is 7.91. The summed E-state index contributed by atoms with van der Waals surface area (Å²) in [6.07, 6.45) is 0.508. The van der Waals surface area contributed by atoms with E-state index in [1.807, 2.05) is 31.2 Å². The Morgan fingerprint density at radius 1 is 1.35 bits per heavy atom. The van der Waals surface area contributed by atoms with Gasteiger partial charge in [0, 0.05) is 13.7 Å². The number of aryl methyl sites for hydroxylation is 1. The van der Waals surface area contributed by atoms with E-state index in [2.05, 4.69) is 10.4 Å². The Bertz CT molecular complexity index is 888. The molecule has 1 N–H and O–H groups in total. The quantitative estimate of drug-likeness (QED) is 0.772. The fraction of sp³-hybridized carbons (Fsp3) is 0.444. The first kappa shape index (κ1) is 18.6. The van der Waals surface area contributed by atoms with E-state index in [1.54, 1.807) is 17.9 Å². The monoisotopic (exact) mass is 377 g/mol. The molecule has 1 aliphatic rings. The van der Waals surface area contributed by atoms with Gasteiger partial charge < -0.3 is 10.1 Å². The fourth-order valence-electron chi connectivity index (χ4n) is 3.05. The minimum Gasteiger partial charge on any atom is -0.383 e. The van der Waals surface area contributed by atoms with Gasteiger partial charge in [0.2, 0.25) is 0 Å². The van der Waals surface area contributed by atoms with Crippen LogP contribution in [0.5, 0.6) is 0 Å². The molecule has 0 unspecified atom stereocenters. The molecule has 0 spiro atoms. The summed E-state index contributed by atoms with van der Waals surface area (Å²) in [5.74, 6) is -0.0894. The maximum atomic E-state index is 12.4. The van der Waals surface area contributed by atoms with Crippen LogP contribution < -0.4 is 5.32 Å². The molecule has 1 amide bonds. The van der Waals surface area contributed by atoms with Crippen LogP contribution >= 0.6 is 0 Å². The van der Waals surface area contributed by atoms with Gasteiger partial charge in [0.25, 0.3) is 5.91 Å². The summed E-state index contributed by atoms with van der Waals surface area (Å²) < 4.78 is 30.4. The van der Waals surface area contributed by atoms with Gasteiger partial charge >= 0.3 is 0 Å². The first-order valence-corrected chi connectivity index (χ1v) is 10.4. The van der Waals surface area contributed by atoms with E-state index >= 15 is 0 Å². The van der Waals surface area contributed by atoms with Crippen LogP contribution in [0.15, 0.2) is 30.3 Å². The lowest BCUT2D eigenvalue weighted by atomic mass is 10.1. The molecule has 140 valence electrons. The highest BCUT2D eigenvalue weighted by atomic mass is 32.2.